The molecule has 0 saturated heterocycles. The van der Waals surface area contributed by atoms with Gasteiger partial charge in [-0.15, -0.1) is 0 Å². The maximum absolute atomic E-state index is 13.0. The maximum atomic E-state index is 13.0. The standard InChI is InChI=1S/C6H4BrFINO2S/c7-6-4(8)1-3(9)2-5(6)13(10,11)12/h1-2H,(H2,10,11,12). The molecule has 0 heterocycles. The number of primary sulfonamides is 1. The Labute approximate surface area is 96.8 Å². The smallest absolute Gasteiger partial charge is 0.225 e. The molecule has 0 atom stereocenters. The van der Waals surface area contributed by atoms with Crippen LogP contribution in [0.25, 0.3) is 0 Å². The van der Waals surface area contributed by atoms with Crippen LogP contribution in [0.3, 0.4) is 0 Å². The van der Waals surface area contributed by atoms with E-state index < -0.39 is 15.8 Å². The average molecular weight is 380 g/mol. The predicted octanol–water partition coefficient (Wildman–Crippen LogP) is 1.84. The molecule has 0 unspecified atom stereocenters. The van der Waals surface area contributed by atoms with Gasteiger partial charge in [0.25, 0.3) is 0 Å². The molecule has 0 amide bonds. The van der Waals surface area contributed by atoms with Crippen molar-refractivity contribution in [2.45, 2.75) is 4.90 Å². The van der Waals surface area contributed by atoms with Gasteiger partial charge in [-0.05, 0) is 50.7 Å². The third kappa shape index (κ3) is 2.61. The second-order valence-electron chi connectivity index (χ2n) is 2.24. The summed E-state index contributed by atoms with van der Waals surface area (Å²) in [6.07, 6.45) is 0. The summed E-state index contributed by atoms with van der Waals surface area (Å²) in [5, 5.41) is 4.87. The monoisotopic (exact) mass is 379 g/mol. The predicted molar refractivity (Wildman–Crippen MR) is 58.2 cm³/mol. The number of hydrogen-bond acceptors (Lipinski definition) is 2. The Bertz CT molecular complexity index is 448. The Morgan fingerprint density at radius 2 is 2.00 bits per heavy atom. The summed E-state index contributed by atoms with van der Waals surface area (Å²) >= 11 is 4.62. The molecule has 1 aromatic carbocycles. The molecule has 0 radical (unpaired) electrons. The van der Waals surface area contributed by atoms with Crippen LogP contribution in [0.5, 0.6) is 0 Å². The first kappa shape index (κ1) is 11.3. The van der Waals surface area contributed by atoms with E-state index in [0.717, 1.165) is 0 Å². The van der Waals surface area contributed by atoms with E-state index in [1.807, 2.05) is 0 Å². The molecular weight excluding hydrogens is 376 g/mol. The van der Waals surface area contributed by atoms with Gasteiger partial charge in [-0.2, -0.15) is 0 Å². The van der Waals surface area contributed by atoms with Crippen LogP contribution in [0.1, 0.15) is 0 Å². The zero-order valence-corrected chi connectivity index (χ0v) is 10.7. The van der Waals surface area contributed by atoms with E-state index in [9.17, 15) is 12.8 Å². The fourth-order valence-electron chi connectivity index (χ4n) is 0.739. The minimum atomic E-state index is -3.87. The number of sulfonamides is 1. The van der Waals surface area contributed by atoms with Crippen LogP contribution in [0.4, 0.5) is 4.39 Å². The molecule has 0 spiro atoms. The van der Waals surface area contributed by atoms with Crippen LogP contribution in [-0.4, -0.2) is 8.42 Å². The first-order valence-electron chi connectivity index (χ1n) is 2.99. The quantitative estimate of drug-likeness (QED) is 0.597. The van der Waals surface area contributed by atoms with E-state index >= 15 is 0 Å². The van der Waals surface area contributed by atoms with Gasteiger partial charge in [-0.1, -0.05) is 0 Å². The zero-order chi connectivity index (χ0) is 10.2. The first-order valence-corrected chi connectivity index (χ1v) is 6.41. The van der Waals surface area contributed by atoms with Crippen molar-refractivity contribution in [3.63, 3.8) is 0 Å². The number of rotatable bonds is 1. The Kier molecular flexibility index (Phi) is 3.31. The highest BCUT2D eigenvalue weighted by Crippen LogP contribution is 2.26. The van der Waals surface area contributed by atoms with E-state index in [-0.39, 0.29) is 9.37 Å². The first-order chi connectivity index (χ1) is 5.82. The lowest BCUT2D eigenvalue weighted by molar-refractivity contribution is 0.588. The van der Waals surface area contributed by atoms with E-state index in [4.69, 9.17) is 5.14 Å². The molecule has 0 aliphatic rings. The molecule has 0 aliphatic heterocycles. The zero-order valence-electron chi connectivity index (χ0n) is 6.09. The molecule has 0 aromatic heterocycles. The van der Waals surface area contributed by atoms with Crippen molar-refractivity contribution in [2.24, 2.45) is 5.14 Å². The maximum Gasteiger partial charge on any atom is 0.239 e. The van der Waals surface area contributed by atoms with Crippen molar-refractivity contribution in [1.82, 2.24) is 0 Å². The van der Waals surface area contributed by atoms with E-state index in [2.05, 4.69) is 15.9 Å². The third-order valence-corrected chi connectivity index (χ3v) is 3.89. The molecule has 3 nitrogen and oxygen atoms in total. The van der Waals surface area contributed by atoms with Crippen LogP contribution in [0.15, 0.2) is 21.5 Å². The van der Waals surface area contributed by atoms with Gasteiger partial charge in [0, 0.05) is 3.57 Å². The molecule has 7 heteroatoms. The van der Waals surface area contributed by atoms with Gasteiger partial charge in [0.2, 0.25) is 10.0 Å². The van der Waals surface area contributed by atoms with Crippen molar-refractivity contribution in [3.8, 4) is 0 Å². The normalized spacial score (nSPS) is 11.7. The molecule has 0 bridgehead atoms. The van der Waals surface area contributed by atoms with Crippen molar-refractivity contribution in [1.29, 1.82) is 0 Å². The lowest BCUT2D eigenvalue weighted by Gasteiger charge is -2.03. The molecule has 0 aliphatic carbocycles. The Morgan fingerprint density at radius 3 is 2.46 bits per heavy atom. The van der Waals surface area contributed by atoms with E-state index in [1.165, 1.54) is 12.1 Å². The van der Waals surface area contributed by atoms with Crippen molar-refractivity contribution in [2.75, 3.05) is 0 Å². The third-order valence-electron chi connectivity index (χ3n) is 1.27. The minimum absolute atomic E-state index is 0.129. The van der Waals surface area contributed by atoms with Crippen LogP contribution in [0.2, 0.25) is 0 Å². The minimum Gasteiger partial charge on any atom is -0.225 e. The number of nitrogens with two attached hydrogens (primary N) is 1. The summed E-state index contributed by atoms with van der Waals surface area (Å²) in [6, 6.07) is 2.50. The molecule has 72 valence electrons. The van der Waals surface area contributed by atoms with Crippen LogP contribution < -0.4 is 5.14 Å². The fraction of sp³-hybridized carbons (Fsp3) is 0. The van der Waals surface area contributed by atoms with Gasteiger partial charge in [0.15, 0.2) is 0 Å². The number of benzene rings is 1. The van der Waals surface area contributed by atoms with Gasteiger partial charge >= 0.3 is 0 Å². The highest BCUT2D eigenvalue weighted by atomic mass is 127. The molecular formula is C6H4BrFINO2S. The Hall–Kier alpha value is 0.270. The molecule has 2 N–H and O–H groups in total. The topological polar surface area (TPSA) is 60.2 Å². The SMILES string of the molecule is NS(=O)(=O)c1cc(I)cc(F)c1Br. The van der Waals surface area contributed by atoms with Crippen LogP contribution in [0, 0.1) is 9.39 Å². The van der Waals surface area contributed by atoms with Gasteiger partial charge in [0.05, 0.1) is 9.37 Å². The summed E-state index contributed by atoms with van der Waals surface area (Å²) in [5.74, 6) is -0.643. The summed E-state index contributed by atoms with van der Waals surface area (Å²) in [7, 11) is -3.87. The van der Waals surface area contributed by atoms with Crippen molar-refractivity contribution >= 4 is 48.5 Å². The van der Waals surface area contributed by atoms with Gasteiger partial charge in [-0.3, -0.25) is 0 Å². The lowest BCUT2D eigenvalue weighted by Crippen LogP contribution is -2.13. The summed E-state index contributed by atoms with van der Waals surface area (Å²) in [6.45, 7) is 0. The molecule has 0 fully saturated rings. The second-order valence-corrected chi connectivity index (χ2v) is 5.81. The van der Waals surface area contributed by atoms with Crippen molar-refractivity contribution in [3.05, 3.63) is 26.0 Å². The lowest BCUT2D eigenvalue weighted by atomic mass is 10.3. The van der Waals surface area contributed by atoms with E-state index in [0.29, 0.717) is 3.57 Å². The molecule has 1 aromatic rings. The van der Waals surface area contributed by atoms with Gasteiger partial charge < -0.3 is 0 Å². The van der Waals surface area contributed by atoms with Gasteiger partial charge in [-0.25, -0.2) is 17.9 Å². The fourth-order valence-corrected chi connectivity index (χ4v) is 3.08. The van der Waals surface area contributed by atoms with Crippen LogP contribution >= 0.6 is 38.5 Å². The number of halogens is 3. The largest absolute Gasteiger partial charge is 0.239 e. The highest BCUT2D eigenvalue weighted by molar-refractivity contribution is 14.1. The molecule has 13 heavy (non-hydrogen) atoms. The Balaban J connectivity index is 3.56. The summed E-state index contributed by atoms with van der Waals surface area (Å²) in [5.41, 5.74) is 0. The molecule has 0 saturated carbocycles. The molecule has 1 rings (SSSR count). The number of hydrogen-bond donors (Lipinski definition) is 1. The van der Waals surface area contributed by atoms with Crippen LogP contribution in [-0.2, 0) is 10.0 Å². The van der Waals surface area contributed by atoms with Gasteiger partial charge in [0.1, 0.15) is 5.82 Å². The highest BCUT2D eigenvalue weighted by Gasteiger charge is 2.16. The summed E-state index contributed by atoms with van der Waals surface area (Å²) in [4.78, 5) is -0.239. The van der Waals surface area contributed by atoms with E-state index in [1.54, 1.807) is 22.6 Å². The average Bonchev–Trinajstić information content (AvgIpc) is 1.94. The Morgan fingerprint density at radius 1 is 1.46 bits per heavy atom. The van der Waals surface area contributed by atoms with Crippen molar-refractivity contribution < 1.29 is 12.8 Å². The summed E-state index contributed by atoms with van der Waals surface area (Å²) < 4.78 is 35.2. The second kappa shape index (κ2) is 3.79.